The number of nitrogens with two attached hydrogens (primary N) is 1. The second-order valence-corrected chi connectivity index (χ2v) is 3.08. The Labute approximate surface area is 84.7 Å². The van der Waals surface area contributed by atoms with Gasteiger partial charge in [-0.3, -0.25) is 0 Å². The maximum absolute atomic E-state index is 8.51. The number of nitrogens with zero attached hydrogens (tertiary/aromatic N) is 2. The third-order valence-electron chi connectivity index (χ3n) is 2.11. The minimum atomic E-state index is 0.544. The summed E-state index contributed by atoms with van der Waals surface area (Å²) in [7, 11) is 0. The zero-order valence-corrected chi connectivity index (χ0v) is 8.40. The fourth-order valence-corrected chi connectivity index (χ4v) is 1.38. The summed E-state index contributed by atoms with van der Waals surface area (Å²) in [6.45, 7) is 3.72. The van der Waals surface area contributed by atoms with Crippen molar-refractivity contribution in [3.05, 3.63) is 24.3 Å². The van der Waals surface area contributed by atoms with Crippen molar-refractivity contribution in [3.63, 3.8) is 0 Å². The molecule has 0 aliphatic rings. The van der Waals surface area contributed by atoms with Crippen LogP contribution in [0.5, 0.6) is 0 Å². The number of anilines is 2. The Bertz CT molecular complexity index is 328. The molecule has 0 amide bonds. The second kappa shape index (κ2) is 5.13. The summed E-state index contributed by atoms with van der Waals surface area (Å²) in [5, 5.41) is 8.51. The number of nitrogen functional groups attached to an aromatic ring is 1. The quantitative estimate of drug-likeness (QED) is 0.737. The molecular weight excluding hydrogens is 174 g/mol. The van der Waals surface area contributed by atoms with Gasteiger partial charge in [-0.1, -0.05) is 6.07 Å². The Kier molecular flexibility index (Phi) is 3.81. The highest BCUT2D eigenvalue weighted by Gasteiger charge is 2.02. The van der Waals surface area contributed by atoms with Gasteiger partial charge in [0, 0.05) is 24.5 Å². The van der Waals surface area contributed by atoms with Crippen LogP contribution in [-0.4, -0.2) is 13.1 Å². The van der Waals surface area contributed by atoms with E-state index in [9.17, 15) is 0 Å². The van der Waals surface area contributed by atoms with Gasteiger partial charge in [-0.15, -0.1) is 0 Å². The molecule has 0 aliphatic heterocycles. The molecule has 74 valence electrons. The maximum atomic E-state index is 8.51. The summed E-state index contributed by atoms with van der Waals surface area (Å²) in [5.41, 5.74) is 7.54. The monoisotopic (exact) mass is 189 g/mol. The van der Waals surface area contributed by atoms with Crippen molar-refractivity contribution in [2.24, 2.45) is 0 Å². The molecule has 0 aromatic heterocycles. The van der Waals surface area contributed by atoms with Crippen LogP contribution >= 0.6 is 0 Å². The maximum Gasteiger partial charge on any atom is 0.0640 e. The fourth-order valence-electron chi connectivity index (χ4n) is 1.38. The summed E-state index contributed by atoms with van der Waals surface area (Å²) >= 11 is 0. The van der Waals surface area contributed by atoms with E-state index >= 15 is 0 Å². The van der Waals surface area contributed by atoms with E-state index in [2.05, 4.69) is 17.9 Å². The Morgan fingerprint density at radius 2 is 2.29 bits per heavy atom. The molecule has 3 heteroatoms. The minimum Gasteiger partial charge on any atom is -0.399 e. The fraction of sp³-hybridized carbons (Fsp3) is 0.364. The predicted molar refractivity (Wildman–Crippen MR) is 59.0 cm³/mol. The molecule has 0 aliphatic carbocycles. The predicted octanol–water partition coefficient (Wildman–Crippen LogP) is 2.01. The van der Waals surface area contributed by atoms with Crippen molar-refractivity contribution in [1.82, 2.24) is 0 Å². The number of nitriles is 1. The lowest BCUT2D eigenvalue weighted by molar-refractivity contribution is 0.827. The largest absolute Gasteiger partial charge is 0.399 e. The molecule has 0 atom stereocenters. The van der Waals surface area contributed by atoms with Crippen LogP contribution in [0.1, 0.15) is 13.3 Å². The van der Waals surface area contributed by atoms with Gasteiger partial charge < -0.3 is 10.6 Å². The van der Waals surface area contributed by atoms with E-state index in [1.54, 1.807) is 0 Å². The Morgan fingerprint density at radius 1 is 1.50 bits per heavy atom. The van der Waals surface area contributed by atoms with Gasteiger partial charge in [0.2, 0.25) is 0 Å². The average molecular weight is 189 g/mol. The molecule has 14 heavy (non-hydrogen) atoms. The highest BCUT2D eigenvalue weighted by molar-refractivity contribution is 5.55. The molecule has 1 rings (SSSR count). The van der Waals surface area contributed by atoms with Crippen molar-refractivity contribution in [2.75, 3.05) is 23.7 Å². The van der Waals surface area contributed by atoms with E-state index in [1.165, 1.54) is 0 Å². The molecule has 1 aromatic rings. The van der Waals surface area contributed by atoms with Crippen LogP contribution in [0.2, 0.25) is 0 Å². The first-order chi connectivity index (χ1) is 6.77. The summed E-state index contributed by atoms with van der Waals surface area (Å²) in [4.78, 5) is 2.14. The average Bonchev–Trinajstić information content (AvgIpc) is 2.19. The zero-order valence-electron chi connectivity index (χ0n) is 8.40. The summed E-state index contributed by atoms with van der Waals surface area (Å²) in [6.07, 6.45) is 0.544. The normalized spacial score (nSPS) is 9.43. The lowest BCUT2D eigenvalue weighted by Crippen LogP contribution is -2.23. The molecule has 0 spiro atoms. The smallest absolute Gasteiger partial charge is 0.0640 e. The van der Waals surface area contributed by atoms with Gasteiger partial charge in [0.05, 0.1) is 12.5 Å². The van der Waals surface area contributed by atoms with Crippen molar-refractivity contribution in [1.29, 1.82) is 5.26 Å². The van der Waals surface area contributed by atoms with E-state index in [0.29, 0.717) is 6.42 Å². The van der Waals surface area contributed by atoms with Crippen molar-refractivity contribution >= 4 is 11.4 Å². The Balaban J connectivity index is 2.74. The molecule has 1 aromatic carbocycles. The van der Waals surface area contributed by atoms with Crippen LogP contribution in [0.4, 0.5) is 11.4 Å². The molecule has 2 N–H and O–H groups in total. The van der Waals surface area contributed by atoms with E-state index in [1.807, 2.05) is 24.3 Å². The standard InChI is InChI=1S/C11H15N3/c1-2-14(8-4-7-12)11-6-3-5-10(13)9-11/h3,5-6,9H,2,4,8,13H2,1H3. The first-order valence-corrected chi connectivity index (χ1v) is 4.75. The molecule has 0 heterocycles. The highest BCUT2D eigenvalue weighted by atomic mass is 15.1. The Hall–Kier alpha value is -1.69. The first-order valence-electron chi connectivity index (χ1n) is 4.75. The molecule has 0 unspecified atom stereocenters. The molecule has 0 saturated carbocycles. The van der Waals surface area contributed by atoms with Crippen molar-refractivity contribution < 1.29 is 0 Å². The van der Waals surface area contributed by atoms with Gasteiger partial charge in [-0.25, -0.2) is 0 Å². The van der Waals surface area contributed by atoms with E-state index in [-0.39, 0.29) is 0 Å². The van der Waals surface area contributed by atoms with Crippen LogP contribution in [0.3, 0.4) is 0 Å². The molecule has 0 bridgehead atoms. The molecule has 0 saturated heterocycles. The highest BCUT2D eigenvalue weighted by Crippen LogP contribution is 2.17. The summed E-state index contributed by atoms with van der Waals surface area (Å²) in [6, 6.07) is 9.88. The third kappa shape index (κ3) is 2.67. The van der Waals surface area contributed by atoms with Gasteiger partial charge in [0.15, 0.2) is 0 Å². The van der Waals surface area contributed by atoms with Crippen LogP contribution in [-0.2, 0) is 0 Å². The number of rotatable bonds is 4. The number of hydrogen-bond acceptors (Lipinski definition) is 3. The summed E-state index contributed by atoms with van der Waals surface area (Å²) < 4.78 is 0. The van der Waals surface area contributed by atoms with E-state index in [0.717, 1.165) is 24.5 Å². The number of hydrogen-bond donors (Lipinski definition) is 1. The third-order valence-corrected chi connectivity index (χ3v) is 2.11. The zero-order chi connectivity index (χ0) is 10.4. The van der Waals surface area contributed by atoms with Crippen LogP contribution in [0.25, 0.3) is 0 Å². The second-order valence-electron chi connectivity index (χ2n) is 3.08. The van der Waals surface area contributed by atoms with Crippen LogP contribution in [0, 0.1) is 11.3 Å². The first kappa shape index (κ1) is 10.4. The van der Waals surface area contributed by atoms with Gasteiger partial charge in [-0.05, 0) is 25.1 Å². The van der Waals surface area contributed by atoms with Gasteiger partial charge in [-0.2, -0.15) is 5.26 Å². The van der Waals surface area contributed by atoms with Crippen molar-refractivity contribution in [2.45, 2.75) is 13.3 Å². The Morgan fingerprint density at radius 3 is 2.86 bits per heavy atom. The lowest BCUT2D eigenvalue weighted by Gasteiger charge is -2.21. The molecule has 0 fully saturated rings. The van der Waals surface area contributed by atoms with E-state index in [4.69, 9.17) is 11.0 Å². The molecule has 0 radical (unpaired) electrons. The summed E-state index contributed by atoms with van der Waals surface area (Å²) in [5.74, 6) is 0. The molecule has 3 nitrogen and oxygen atoms in total. The van der Waals surface area contributed by atoms with Crippen LogP contribution < -0.4 is 10.6 Å². The van der Waals surface area contributed by atoms with Gasteiger partial charge in [0.1, 0.15) is 0 Å². The minimum absolute atomic E-state index is 0.544. The van der Waals surface area contributed by atoms with Crippen LogP contribution in [0.15, 0.2) is 24.3 Å². The van der Waals surface area contributed by atoms with Gasteiger partial charge in [0.25, 0.3) is 0 Å². The molecular formula is C11H15N3. The number of benzene rings is 1. The van der Waals surface area contributed by atoms with E-state index < -0.39 is 0 Å². The van der Waals surface area contributed by atoms with Gasteiger partial charge >= 0.3 is 0 Å². The SMILES string of the molecule is CCN(CCC#N)c1cccc(N)c1. The lowest BCUT2D eigenvalue weighted by atomic mass is 10.2. The topological polar surface area (TPSA) is 53.0 Å². The van der Waals surface area contributed by atoms with Crippen molar-refractivity contribution in [3.8, 4) is 6.07 Å².